The fourth-order valence-electron chi connectivity index (χ4n) is 1.93. The molecule has 108 valence electrons. The van der Waals surface area contributed by atoms with E-state index in [0.717, 1.165) is 11.3 Å². The summed E-state index contributed by atoms with van der Waals surface area (Å²) >= 11 is 0. The summed E-state index contributed by atoms with van der Waals surface area (Å²) in [7, 11) is 0. The molecular formula is C16H16N2O3. The molecule has 0 saturated carbocycles. The summed E-state index contributed by atoms with van der Waals surface area (Å²) in [6.07, 6.45) is 0. The van der Waals surface area contributed by atoms with Crippen molar-refractivity contribution in [3.05, 3.63) is 59.7 Å². The van der Waals surface area contributed by atoms with Gasteiger partial charge in [0.05, 0.1) is 5.56 Å². The molecule has 0 aromatic heterocycles. The van der Waals surface area contributed by atoms with Crippen molar-refractivity contribution in [2.45, 2.75) is 13.5 Å². The Kier molecular flexibility index (Phi) is 4.56. The monoisotopic (exact) mass is 284 g/mol. The minimum absolute atomic E-state index is 0.115. The number of hydrogen-bond donors (Lipinski definition) is 3. The van der Waals surface area contributed by atoms with Crippen molar-refractivity contribution in [1.29, 1.82) is 0 Å². The van der Waals surface area contributed by atoms with E-state index in [4.69, 9.17) is 5.11 Å². The third-order valence-electron chi connectivity index (χ3n) is 2.91. The Hall–Kier alpha value is -2.82. The molecule has 1 amide bonds. The van der Waals surface area contributed by atoms with Crippen LogP contribution in [0.15, 0.2) is 48.5 Å². The van der Waals surface area contributed by atoms with Crippen LogP contribution in [0.25, 0.3) is 0 Å². The average Bonchev–Trinajstić information content (AvgIpc) is 2.46. The van der Waals surface area contributed by atoms with Gasteiger partial charge in [0.2, 0.25) is 5.91 Å². The van der Waals surface area contributed by atoms with Gasteiger partial charge in [-0.2, -0.15) is 0 Å². The fourth-order valence-corrected chi connectivity index (χ4v) is 1.93. The van der Waals surface area contributed by atoms with E-state index in [1.165, 1.54) is 6.92 Å². The summed E-state index contributed by atoms with van der Waals surface area (Å²) in [4.78, 5) is 22.0. The molecule has 0 spiro atoms. The number of carboxylic acids is 1. The van der Waals surface area contributed by atoms with Crippen LogP contribution in [0.2, 0.25) is 0 Å². The van der Waals surface area contributed by atoms with Crippen LogP contribution in [0, 0.1) is 0 Å². The van der Waals surface area contributed by atoms with E-state index in [-0.39, 0.29) is 11.5 Å². The molecule has 0 radical (unpaired) electrons. The van der Waals surface area contributed by atoms with Gasteiger partial charge in [0.25, 0.3) is 0 Å². The van der Waals surface area contributed by atoms with Crippen LogP contribution >= 0.6 is 0 Å². The number of carbonyl (C=O) groups is 2. The number of nitrogens with one attached hydrogen (secondary N) is 2. The Balaban J connectivity index is 2.03. The maximum Gasteiger partial charge on any atom is 0.337 e. The second kappa shape index (κ2) is 6.56. The Morgan fingerprint density at radius 1 is 1.05 bits per heavy atom. The van der Waals surface area contributed by atoms with Gasteiger partial charge in [-0.3, -0.25) is 4.79 Å². The molecule has 0 unspecified atom stereocenters. The Morgan fingerprint density at radius 3 is 2.33 bits per heavy atom. The van der Waals surface area contributed by atoms with E-state index in [2.05, 4.69) is 10.6 Å². The number of para-hydroxylation sites is 1. The zero-order chi connectivity index (χ0) is 15.2. The highest BCUT2D eigenvalue weighted by molar-refractivity contribution is 5.94. The summed E-state index contributed by atoms with van der Waals surface area (Å²) in [5.41, 5.74) is 2.55. The predicted molar refractivity (Wildman–Crippen MR) is 81.5 cm³/mol. The average molecular weight is 284 g/mol. The number of amides is 1. The van der Waals surface area contributed by atoms with Crippen LogP contribution in [0.5, 0.6) is 0 Å². The molecule has 3 N–H and O–H groups in total. The maximum atomic E-state index is 11.1. The summed E-state index contributed by atoms with van der Waals surface area (Å²) in [5.74, 6) is -1.07. The number of aromatic carboxylic acids is 1. The van der Waals surface area contributed by atoms with Crippen molar-refractivity contribution >= 4 is 23.3 Å². The van der Waals surface area contributed by atoms with Crippen LogP contribution in [0.3, 0.4) is 0 Å². The first kappa shape index (κ1) is 14.6. The standard InChI is InChI=1S/C16H16N2O3/c1-11(19)18-13-8-6-12(7-9-13)10-17-15-5-3-2-4-14(15)16(20)21/h2-9,17H,10H2,1H3,(H,18,19)(H,20,21). The minimum atomic E-state index is -0.959. The largest absolute Gasteiger partial charge is 0.478 e. The highest BCUT2D eigenvalue weighted by Crippen LogP contribution is 2.17. The van der Waals surface area contributed by atoms with E-state index in [9.17, 15) is 9.59 Å². The minimum Gasteiger partial charge on any atom is -0.478 e. The first-order valence-corrected chi connectivity index (χ1v) is 6.49. The van der Waals surface area contributed by atoms with E-state index >= 15 is 0 Å². The van der Waals surface area contributed by atoms with E-state index in [1.807, 2.05) is 24.3 Å². The number of carbonyl (C=O) groups excluding carboxylic acids is 1. The number of hydrogen-bond acceptors (Lipinski definition) is 3. The van der Waals surface area contributed by atoms with Gasteiger partial charge in [0, 0.05) is 24.8 Å². The third-order valence-corrected chi connectivity index (χ3v) is 2.91. The molecule has 2 aromatic carbocycles. The summed E-state index contributed by atoms with van der Waals surface area (Å²) in [6, 6.07) is 14.1. The van der Waals surface area contributed by atoms with E-state index in [1.54, 1.807) is 24.3 Å². The van der Waals surface area contributed by atoms with Gasteiger partial charge in [0.1, 0.15) is 0 Å². The zero-order valence-corrected chi connectivity index (χ0v) is 11.6. The van der Waals surface area contributed by atoms with Gasteiger partial charge in [-0.15, -0.1) is 0 Å². The number of rotatable bonds is 5. The van der Waals surface area contributed by atoms with E-state index in [0.29, 0.717) is 12.2 Å². The molecule has 0 heterocycles. The smallest absolute Gasteiger partial charge is 0.337 e. The molecule has 0 bridgehead atoms. The number of benzene rings is 2. The number of carboxylic acid groups (broad SMARTS) is 1. The lowest BCUT2D eigenvalue weighted by Gasteiger charge is -2.10. The van der Waals surface area contributed by atoms with Gasteiger partial charge in [-0.1, -0.05) is 24.3 Å². The van der Waals surface area contributed by atoms with Crippen LogP contribution in [-0.2, 0) is 11.3 Å². The van der Waals surface area contributed by atoms with Gasteiger partial charge in [-0.25, -0.2) is 4.79 Å². The second-order valence-electron chi connectivity index (χ2n) is 4.58. The van der Waals surface area contributed by atoms with Gasteiger partial charge < -0.3 is 15.7 Å². The van der Waals surface area contributed by atoms with Crippen molar-refractivity contribution in [2.75, 3.05) is 10.6 Å². The molecule has 2 aromatic rings. The lowest BCUT2D eigenvalue weighted by Crippen LogP contribution is -2.07. The van der Waals surface area contributed by atoms with E-state index < -0.39 is 5.97 Å². The van der Waals surface area contributed by atoms with Crippen molar-refractivity contribution in [3.63, 3.8) is 0 Å². The highest BCUT2D eigenvalue weighted by atomic mass is 16.4. The maximum absolute atomic E-state index is 11.1. The first-order chi connectivity index (χ1) is 10.1. The molecule has 0 fully saturated rings. The summed E-state index contributed by atoms with van der Waals surface area (Å²) in [5, 5.41) is 14.9. The lowest BCUT2D eigenvalue weighted by molar-refractivity contribution is -0.114. The summed E-state index contributed by atoms with van der Waals surface area (Å²) < 4.78 is 0. The SMILES string of the molecule is CC(=O)Nc1ccc(CNc2ccccc2C(=O)O)cc1. The van der Waals surface area contributed by atoms with Crippen molar-refractivity contribution in [1.82, 2.24) is 0 Å². The zero-order valence-electron chi connectivity index (χ0n) is 11.6. The lowest BCUT2D eigenvalue weighted by atomic mass is 10.1. The molecule has 0 aliphatic heterocycles. The second-order valence-corrected chi connectivity index (χ2v) is 4.58. The summed E-state index contributed by atoms with van der Waals surface area (Å²) in [6.45, 7) is 1.96. The van der Waals surface area contributed by atoms with Crippen LogP contribution < -0.4 is 10.6 Å². The van der Waals surface area contributed by atoms with Crippen molar-refractivity contribution in [2.24, 2.45) is 0 Å². The Labute approximate surface area is 122 Å². The Bertz CT molecular complexity index is 651. The predicted octanol–water partition coefficient (Wildman–Crippen LogP) is 2.96. The highest BCUT2D eigenvalue weighted by Gasteiger charge is 2.08. The molecule has 0 atom stereocenters. The van der Waals surface area contributed by atoms with Crippen LogP contribution in [0.4, 0.5) is 11.4 Å². The first-order valence-electron chi connectivity index (χ1n) is 6.49. The molecular weight excluding hydrogens is 268 g/mol. The molecule has 21 heavy (non-hydrogen) atoms. The molecule has 0 aliphatic rings. The quantitative estimate of drug-likeness (QED) is 0.788. The van der Waals surface area contributed by atoms with Gasteiger partial charge in [-0.05, 0) is 29.8 Å². The molecule has 5 heteroatoms. The number of anilines is 2. The Morgan fingerprint density at radius 2 is 1.71 bits per heavy atom. The van der Waals surface area contributed by atoms with Crippen molar-refractivity contribution < 1.29 is 14.7 Å². The molecule has 5 nitrogen and oxygen atoms in total. The molecule has 0 aliphatic carbocycles. The van der Waals surface area contributed by atoms with Gasteiger partial charge >= 0.3 is 5.97 Å². The fraction of sp³-hybridized carbons (Fsp3) is 0.125. The molecule has 0 saturated heterocycles. The topological polar surface area (TPSA) is 78.4 Å². The van der Waals surface area contributed by atoms with Crippen LogP contribution in [0.1, 0.15) is 22.8 Å². The third kappa shape index (κ3) is 4.07. The van der Waals surface area contributed by atoms with Gasteiger partial charge in [0.15, 0.2) is 0 Å². The molecule has 2 rings (SSSR count). The normalized spacial score (nSPS) is 9.95. The van der Waals surface area contributed by atoms with Crippen LogP contribution in [-0.4, -0.2) is 17.0 Å². The van der Waals surface area contributed by atoms with Crippen molar-refractivity contribution in [3.8, 4) is 0 Å².